The molecule has 0 aromatic heterocycles. The average Bonchev–Trinajstić information content (AvgIpc) is 2.53. The average molecular weight is 398 g/mol. The molecule has 0 N–H and O–H groups in total. The fourth-order valence-electron chi connectivity index (χ4n) is 2.12. The minimum Gasteiger partial charge on any atom is -0.465 e. The van der Waals surface area contributed by atoms with Gasteiger partial charge in [0, 0.05) is 11.5 Å². The van der Waals surface area contributed by atoms with Crippen LogP contribution in [0.5, 0.6) is 0 Å². The van der Waals surface area contributed by atoms with E-state index in [0.29, 0.717) is 4.47 Å². The first-order valence-corrected chi connectivity index (χ1v) is 8.94. The third-order valence-corrected chi connectivity index (χ3v) is 6.12. The molecule has 0 spiro atoms. The highest BCUT2D eigenvalue weighted by Crippen LogP contribution is 2.30. The van der Waals surface area contributed by atoms with Crippen LogP contribution in [0.15, 0.2) is 51.8 Å². The Bertz CT molecular complexity index is 849. The molecule has 0 saturated carbocycles. The molecule has 0 atom stereocenters. The Morgan fingerprint density at radius 2 is 1.83 bits per heavy atom. The van der Waals surface area contributed by atoms with Crippen molar-refractivity contribution in [2.75, 3.05) is 18.5 Å². The first-order chi connectivity index (χ1) is 10.8. The van der Waals surface area contributed by atoms with Gasteiger partial charge in [-0.15, -0.1) is 0 Å². The van der Waals surface area contributed by atoms with Gasteiger partial charge >= 0.3 is 5.97 Å². The van der Waals surface area contributed by atoms with Gasteiger partial charge in [-0.25, -0.2) is 13.2 Å². The zero-order chi connectivity index (χ0) is 17.2. The molecule has 0 unspecified atom stereocenters. The molecule has 0 bridgehead atoms. The molecule has 0 amide bonds. The topological polar surface area (TPSA) is 63.7 Å². The van der Waals surface area contributed by atoms with Crippen LogP contribution in [0.25, 0.3) is 0 Å². The van der Waals surface area contributed by atoms with Crippen LogP contribution in [0, 0.1) is 6.92 Å². The predicted molar refractivity (Wildman–Crippen MR) is 92.2 cm³/mol. The number of para-hydroxylation sites is 1. The number of methoxy groups -OCH3 is 1. The Balaban J connectivity index is 2.56. The summed E-state index contributed by atoms with van der Waals surface area (Å²) in [5.41, 5.74) is 1.38. The van der Waals surface area contributed by atoms with E-state index in [9.17, 15) is 13.2 Å². The molecule has 0 aliphatic carbocycles. The maximum atomic E-state index is 12.9. The molecule has 2 aromatic rings. The molecule has 2 rings (SSSR count). The number of sulfonamides is 1. The second-order valence-electron chi connectivity index (χ2n) is 4.92. The van der Waals surface area contributed by atoms with Crippen LogP contribution >= 0.6 is 15.9 Å². The molecule has 5 nitrogen and oxygen atoms in total. The van der Waals surface area contributed by atoms with Crippen LogP contribution < -0.4 is 4.31 Å². The molecule has 0 aliphatic rings. The van der Waals surface area contributed by atoms with Crippen LogP contribution in [0.3, 0.4) is 0 Å². The molecule has 23 heavy (non-hydrogen) atoms. The molecule has 0 saturated heterocycles. The number of aryl methyl sites for hydroxylation is 1. The number of carbonyl (C=O) groups is 1. The summed E-state index contributed by atoms with van der Waals surface area (Å²) in [4.78, 5) is 12.0. The summed E-state index contributed by atoms with van der Waals surface area (Å²) in [7, 11) is -1.16. The largest absolute Gasteiger partial charge is 0.465 e. The summed E-state index contributed by atoms with van der Waals surface area (Å²) in [6.07, 6.45) is 0. The number of benzene rings is 2. The Morgan fingerprint density at radius 1 is 1.17 bits per heavy atom. The molecular weight excluding hydrogens is 382 g/mol. The maximum absolute atomic E-state index is 12.9. The van der Waals surface area contributed by atoms with Crippen molar-refractivity contribution in [3.63, 3.8) is 0 Å². The number of nitrogens with zero attached hydrogens (tertiary/aromatic N) is 1. The van der Waals surface area contributed by atoms with Gasteiger partial charge in [0.2, 0.25) is 0 Å². The summed E-state index contributed by atoms with van der Waals surface area (Å²) >= 11 is 3.29. The van der Waals surface area contributed by atoms with Crippen LogP contribution in [-0.4, -0.2) is 28.5 Å². The Labute approximate surface area is 144 Å². The molecule has 0 fully saturated rings. The van der Waals surface area contributed by atoms with Crippen molar-refractivity contribution in [2.45, 2.75) is 11.8 Å². The van der Waals surface area contributed by atoms with Gasteiger partial charge < -0.3 is 4.74 Å². The van der Waals surface area contributed by atoms with Crippen molar-refractivity contribution in [1.82, 2.24) is 0 Å². The van der Waals surface area contributed by atoms with Gasteiger partial charge in [0.25, 0.3) is 10.0 Å². The normalized spacial score (nSPS) is 11.1. The fourth-order valence-corrected chi connectivity index (χ4v) is 4.49. The van der Waals surface area contributed by atoms with E-state index < -0.39 is 16.0 Å². The van der Waals surface area contributed by atoms with Crippen molar-refractivity contribution >= 4 is 37.6 Å². The van der Waals surface area contributed by atoms with Gasteiger partial charge in [-0.1, -0.05) is 18.2 Å². The van der Waals surface area contributed by atoms with Crippen molar-refractivity contribution < 1.29 is 17.9 Å². The standard InChI is InChI=1S/C16H16BrNO4S/c1-11-8-9-15(13(17)10-11)23(20,21)18(2)14-7-5-4-6-12(14)16(19)22-3/h4-10H,1-3H3. The van der Waals surface area contributed by atoms with E-state index in [4.69, 9.17) is 4.74 Å². The van der Waals surface area contributed by atoms with Gasteiger partial charge in [-0.05, 0) is 52.7 Å². The highest BCUT2D eigenvalue weighted by atomic mass is 79.9. The summed E-state index contributed by atoms with van der Waals surface area (Å²) < 4.78 is 32.0. The van der Waals surface area contributed by atoms with Crippen LogP contribution in [0.1, 0.15) is 15.9 Å². The van der Waals surface area contributed by atoms with E-state index >= 15 is 0 Å². The van der Waals surface area contributed by atoms with Crippen molar-refractivity contribution in [1.29, 1.82) is 0 Å². The quantitative estimate of drug-likeness (QED) is 0.741. The SMILES string of the molecule is COC(=O)c1ccccc1N(C)S(=O)(=O)c1ccc(C)cc1Br. The number of hydrogen-bond acceptors (Lipinski definition) is 4. The fraction of sp³-hybridized carbons (Fsp3) is 0.188. The number of esters is 1. The number of carbonyl (C=O) groups excluding carboxylic acids is 1. The van der Waals surface area contributed by atoms with E-state index in [1.165, 1.54) is 26.3 Å². The maximum Gasteiger partial charge on any atom is 0.340 e. The third kappa shape index (κ3) is 3.40. The second kappa shape index (κ2) is 6.72. The zero-order valence-electron chi connectivity index (χ0n) is 12.9. The number of hydrogen-bond donors (Lipinski definition) is 0. The van der Waals surface area contributed by atoms with Crippen molar-refractivity contribution in [2.24, 2.45) is 0 Å². The second-order valence-corrected chi connectivity index (χ2v) is 7.71. The lowest BCUT2D eigenvalue weighted by atomic mass is 10.2. The lowest BCUT2D eigenvalue weighted by Crippen LogP contribution is -2.28. The monoisotopic (exact) mass is 397 g/mol. The lowest BCUT2D eigenvalue weighted by Gasteiger charge is -2.22. The highest BCUT2D eigenvalue weighted by Gasteiger charge is 2.27. The Kier molecular flexibility index (Phi) is 5.11. The number of ether oxygens (including phenoxy) is 1. The van der Waals surface area contributed by atoms with Gasteiger partial charge in [0.1, 0.15) is 4.90 Å². The molecule has 7 heteroatoms. The summed E-state index contributed by atoms with van der Waals surface area (Å²) in [5.74, 6) is -0.592. The molecule has 0 radical (unpaired) electrons. The van der Waals surface area contributed by atoms with Crippen molar-refractivity contribution in [3.8, 4) is 0 Å². The minimum atomic E-state index is -3.83. The van der Waals surface area contributed by atoms with E-state index in [2.05, 4.69) is 15.9 Å². The van der Waals surface area contributed by atoms with Crippen LogP contribution in [-0.2, 0) is 14.8 Å². The lowest BCUT2D eigenvalue weighted by molar-refractivity contribution is 0.0601. The van der Waals surface area contributed by atoms with Crippen LogP contribution in [0.2, 0.25) is 0 Å². The van der Waals surface area contributed by atoms with E-state index in [-0.39, 0.29) is 16.1 Å². The molecule has 2 aromatic carbocycles. The summed E-state index contributed by atoms with van der Waals surface area (Å²) in [6, 6.07) is 11.4. The molecule has 122 valence electrons. The van der Waals surface area contributed by atoms with Gasteiger partial charge in [0.05, 0.1) is 18.4 Å². The van der Waals surface area contributed by atoms with E-state index in [1.54, 1.807) is 30.3 Å². The van der Waals surface area contributed by atoms with Gasteiger partial charge in [-0.2, -0.15) is 0 Å². The van der Waals surface area contributed by atoms with Crippen LogP contribution in [0.4, 0.5) is 5.69 Å². The first-order valence-electron chi connectivity index (χ1n) is 6.71. The Hall–Kier alpha value is -1.86. The molecule has 0 aliphatic heterocycles. The molecular formula is C16H16BrNO4S. The number of rotatable bonds is 4. The van der Waals surface area contributed by atoms with Gasteiger partial charge in [-0.3, -0.25) is 4.31 Å². The van der Waals surface area contributed by atoms with Crippen molar-refractivity contribution in [3.05, 3.63) is 58.1 Å². The third-order valence-electron chi connectivity index (χ3n) is 3.37. The summed E-state index contributed by atoms with van der Waals surface area (Å²) in [6.45, 7) is 1.87. The number of anilines is 1. The summed E-state index contributed by atoms with van der Waals surface area (Å²) in [5, 5.41) is 0. The first kappa shape index (κ1) is 17.5. The minimum absolute atomic E-state index is 0.130. The zero-order valence-corrected chi connectivity index (χ0v) is 15.3. The predicted octanol–water partition coefficient (Wildman–Crippen LogP) is 3.37. The van der Waals surface area contributed by atoms with E-state index in [0.717, 1.165) is 9.87 Å². The highest BCUT2D eigenvalue weighted by molar-refractivity contribution is 9.10. The molecule has 0 heterocycles. The smallest absolute Gasteiger partial charge is 0.340 e. The Morgan fingerprint density at radius 3 is 2.43 bits per heavy atom. The van der Waals surface area contributed by atoms with Gasteiger partial charge in [0.15, 0.2) is 0 Å². The number of halogens is 1. The van der Waals surface area contributed by atoms with E-state index in [1.807, 2.05) is 6.92 Å².